The lowest BCUT2D eigenvalue weighted by Crippen LogP contribution is -2.45. The zero-order chi connectivity index (χ0) is 22.1. The smallest absolute Gasteiger partial charge is 0.379 e. The minimum Gasteiger partial charge on any atom is -0.379 e. The Labute approximate surface area is 178 Å². The Morgan fingerprint density at radius 1 is 1.13 bits per heavy atom. The minimum atomic E-state index is -4.75. The Balaban J connectivity index is 1.65. The highest BCUT2D eigenvalue weighted by Gasteiger charge is 2.45. The third-order valence-electron chi connectivity index (χ3n) is 5.75. The van der Waals surface area contributed by atoms with Gasteiger partial charge >= 0.3 is 6.18 Å². The molecule has 31 heavy (non-hydrogen) atoms. The number of hydrogen-bond donors (Lipinski definition) is 0. The highest BCUT2D eigenvalue weighted by molar-refractivity contribution is 7.92. The molecule has 0 radical (unpaired) electrons. The molecule has 0 aliphatic carbocycles. The van der Waals surface area contributed by atoms with Gasteiger partial charge in [-0.15, -0.1) is 0 Å². The molecule has 1 aromatic heterocycles. The van der Waals surface area contributed by atoms with Gasteiger partial charge in [0, 0.05) is 38.4 Å². The van der Waals surface area contributed by atoms with Crippen molar-refractivity contribution in [2.75, 3.05) is 44.3 Å². The number of morpholine rings is 1. The molecule has 0 N–H and O–H groups in total. The van der Waals surface area contributed by atoms with Crippen molar-refractivity contribution in [2.24, 2.45) is 0 Å². The number of nitrogens with zero attached hydrogens (tertiary/aromatic N) is 4. The number of alkyl halides is 3. The third-order valence-corrected chi connectivity index (χ3v) is 7.94. The van der Waals surface area contributed by atoms with Gasteiger partial charge in [-0.1, -0.05) is 12.1 Å². The van der Waals surface area contributed by atoms with E-state index in [0.717, 1.165) is 25.2 Å². The molecule has 0 saturated carbocycles. The quantitative estimate of drug-likeness (QED) is 0.683. The second-order valence-corrected chi connectivity index (χ2v) is 9.88. The van der Waals surface area contributed by atoms with Gasteiger partial charge in [0.15, 0.2) is 9.84 Å². The van der Waals surface area contributed by atoms with Crippen molar-refractivity contribution in [3.8, 4) is 0 Å². The largest absolute Gasteiger partial charge is 0.417 e. The fourth-order valence-corrected chi connectivity index (χ4v) is 6.17. The molecule has 7 nitrogen and oxygen atoms in total. The third kappa shape index (κ3) is 4.68. The molecule has 11 heteroatoms. The summed E-state index contributed by atoms with van der Waals surface area (Å²) >= 11 is 0. The van der Waals surface area contributed by atoms with Crippen molar-refractivity contribution in [3.63, 3.8) is 0 Å². The van der Waals surface area contributed by atoms with E-state index in [1.54, 1.807) is 12.3 Å². The van der Waals surface area contributed by atoms with Crippen LogP contribution >= 0.6 is 0 Å². The molecule has 2 aliphatic rings. The Morgan fingerprint density at radius 3 is 2.55 bits per heavy atom. The van der Waals surface area contributed by atoms with Gasteiger partial charge < -0.3 is 9.64 Å². The second-order valence-electron chi connectivity index (χ2n) is 7.68. The monoisotopic (exact) mass is 456 g/mol. The normalized spacial score (nSPS) is 23.3. The molecule has 2 atom stereocenters. The first-order valence-corrected chi connectivity index (χ1v) is 11.5. The van der Waals surface area contributed by atoms with Gasteiger partial charge in [-0.25, -0.2) is 18.4 Å². The van der Waals surface area contributed by atoms with Crippen LogP contribution < -0.4 is 4.90 Å². The highest BCUT2D eigenvalue weighted by Crippen LogP contribution is 2.38. The number of sulfone groups is 1. The lowest BCUT2D eigenvalue weighted by atomic mass is 10.2. The SMILES string of the molecule is O=S(=O)(c1ccccc1C(F)(F)F)[C@H]1C[C@H](CN2CCOCC2)N(c2ccncn2)C1. The van der Waals surface area contributed by atoms with Crippen molar-refractivity contribution < 1.29 is 26.3 Å². The molecule has 0 spiro atoms. The van der Waals surface area contributed by atoms with E-state index in [1.165, 1.54) is 18.5 Å². The van der Waals surface area contributed by atoms with E-state index < -0.39 is 31.7 Å². The van der Waals surface area contributed by atoms with Crippen LogP contribution in [-0.4, -0.2) is 74.0 Å². The van der Waals surface area contributed by atoms with E-state index >= 15 is 0 Å². The number of benzene rings is 1. The van der Waals surface area contributed by atoms with E-state index in [2.05, 4.69) is 14.9 Å². The molecular weight excluding hydrogens is 433 g/mol. The van der Waals surface area contributed by atoms with Crippen molar-refractivity contribution in [1.82, 2.24) is 14.9 Å². The molecule has 0 bridgehead atoms. The molecule has 2 aromatic rings. The van der Waals surface area contributed by atoms with Gasteiger partial charge in [-0.3, -0.25) is 4.90 Å². The van der Waals surface area contributed by atoms with Crippen LogP contribution in [0.5, 0.6) is 0 Å². The summed E-state index contributed by atoms with van der Waals surface area (Å²) in [6, 6.07) is 5.86. The topological polar surface area (TPSA) is 75.6 Å². The van der Waals surface area contributed by atoms with Gasteiger partial charge in [0.2, 0.25) is 0 Å². The van der Waals surface area contributed by atoms with Crippen LogP contribution in [0.1, 0.15) is 12.0 Å². The fraction of sp³-hybridized carbons (Fsp3) is 0.500. The second kappa shape index (κ2) is 8.71. The number of aromatic nitrogens is 2. The van der Waals surface area contributed by atoms with E-state index in [9.17, 15) is 21.6 Å². The van der Waals surface area contributed by atoms with Crippen molar-refractivity contribution >= 4 is 15.7 Å². The fourth-order valence-electron chi connectivity index (χ4n) is 4.22. The van der Waals surface area contributed by atoms with E-state index in [0.29, 0.717) is 25.6 Å². The molecule has 3 heterocycles. The van der Waals surface area contributed by atoms with E-state index in [-0.39, 0.29) is 19.0 Å². The van der Waals surface area contributed by atoms with Crippen LogP contribution in [0.15, 0.2) is 47.8 Å². The standard InChI is InChI=1S/C20H23F3N4O3S/c21-20(22,23)17-3-1-2-4-18(17)31(28,29)16-11-15(12-26-7-9-30-10-8-26)27(13-16)19-5-6-24-14-25-19/h1-6,14-16H,7-13H2/t15-,16+/m1/s1. The van der Waals surface area contributed by atoms with Crippen molar-refractivity contribution in [1.29, 1.82) is 0 Å². The summed E-state index contributed by atoms with van der Waals surface area (Å²) < 4.78 is 72.5. The molecule has 0 unspecified atom stereocenters. The van der Waals surface area contributed by atoms with Crippen LogP contribution in [0.2, 0.25) is 0 Å². The van der Waals surface area contributed by atoms with Crippen LogP contribution in [0.3, 0.4) is 0 Å². The van der Waals surface area contributed by atoms with Crippen LogP contribution in [0.4, 0.5) is 19.0 Å². The van der Waals surface area contributed by atoms with Gasteiger partial charge in [0.25, 0.3) is 0 Å². The summed E-state index contributed by atoms with van der Waals surface area (Å²) in [6.45, 7) is 3.30. The summed E-state index contributed by atoms with van der Waals surface area (Å²) in [7, 11) is -4.22. The molecule has 4 rings (SSSR count). The highest BCUT2D eigenvalue weighted by atomic mass is 32.2. The summed E-state index contributed by atoms with van der Waals surface area (Å²) in [5.41, 5.74) is -1.12. The maximum atomic E-state index is 13.5. The number of halogens is 3. The lowest BCUT2D eigenvalue weighted by Gasteiger charge is -2.33. The number of anilines is 1. The first-order chi connectivity index (χ1) is 14.8. The Morgan fingerprint density at radius 2 is 1.87 bits per heavy atom. The molecule has 2 fully saturated rings. The van der Waals surface area contributed by atoms with Gasteiger partial charge in [-0.2, -0.15) is 13.2 Å². The van der Waals surface area contributed by atoms with E-state index in [4.69, 9.17) is 4.74 Å². The molecule has 2 aliphatic heterocycles. The Kier molecular flexibility index (Phi) is 6.18. The van der Waals surface area contributed by atoms with Gasteiger partial charge in [0.1, 0.15) is 12.1 Å². The van der Waals surface area contributed by atoms with Crippen molar-refractivity contribution in [3.05, 3.63) is 48.4 Å². The zero-order valence-corrected chi connectivity index (χ0v) is 17.5. The van der Waals surface area contributed by atoms with Crippen LogP contribution in [0.25, 0.3) is 0 Å². The summed E-state index contributed by atoms with van der Waals surface area (Å²) in [5, 5.41) is -0.975. The van der Waals surface area contributed by atoms with Crippen molar-refractivity contribution in [2.45, 2.75) is 28.8 Å². The first kappa shape index (κ1) is 22.0. The first-order valence-electron chi connectivity index (χ1n) is 9.99. The van der Waals surface area contributed by atoms with Crippen LogP contribution in [-0.2, 0) is 20.8 Å². The number of rotatable bonds is 5. The maximum Gasteiger partial charge on any atom is 0.417 e. The molecule has 0 amide bonds. The molecular formula is C20H23F3N4O3S. The molecule has 1 aromatic carbocycles. The average Bonchev–Trinajstić information content (AvgIpc) is 3.19. The lowest BCUT2D eigenvalue weighted by molar-refractivity contribution is -0.139. The van der Waals surface area contributed by atoms with Gasteiger partial charge in [0.05, 0.1) is 28.9 Å². The zero-order valence-electron chi connectivity index (χ0n) is 16.7. The summed E-state index contributed by atoms with van der Waals surface area (Å²) in [6.07, 6.45) is -1.59. The van der Waals surface area contributed by atoms with Crippen LogP contribution in [0, 0.1) is 0 Å². The number of hydrogen-bond acceptors (Lipinski definition) is 7. The predicted molar refractivity (Wildman–Crippen MR) is 107 cm³/mol. The predicted octanol–water partition coefficient (Wildman–Crippen LogP) is 2.25. The number of ether oxygens (including phenoxy) is 1. The Hall–Kier alpha value is -2.24. The summed E-state index contributed by atoms with van der Waals surface area (Å²) in [4.78, 5) is 11.5. The maximum absolute atomic E-state index is 13.5. The molecule has 2 saturated heterocycles. The minimum absolute atomic E-state index is 0.0700. The summed E-state index contributed by atoms with van der Waals surface area (Å²) in [5.74, 6) is 0.565. The average molecular weight is 456 g/mol. The molecule has 168 valence electrons. The van der Waals surface area contributed by atoms with Gasteiger partial charge in [-0.05, 0) is 24.6 Å². The Bertz CT molecular complexity index is 998. The van der Waals surface area contributed by atoms with E-state index in [1.807, 2.05) is 4.90 Å².